The molecule has 0 aliphatic rings. The molecule has 150 valence electrons. The molecule has 0 radical (unpaired) electrons. The van der Waals surface area contributed by atoms with Crippen LogP contribution in [-0.4, -0.2) is 17.9 Å². The van der Waals surface area contributed by atoms with Crippen molar-refractivity contribution in [1.29, 1.82) is 0 Å². The van der Waals surface area contributed by atoms with Crippen molar-refractivity contribution in [1.82, 2.24) is 10.3 Å². The number of benzene rings is 2. The Morgan fingerprint density at radius 3 is 2.34 bits per heavy atom. The zero-order chi connectivity index (χ0) is 21.0. The molecule has 0 saturated carbocycles. The van der Waals surface area contributed by atoms with Crippen molar-refractivity contribution >= 4 is 28.9 Å². The summed E-state index contributed by atoms with van der Waals surface area (Å²) in [6.07, 6.45) is -3.08. The SMILES string of the molecule is CNC(=O)c1cc(Oc2ccc(Nc3ccc(Cl)c(C(F)(F)F)c3)cc2)ccn1. The highest BCUT2D eigenvalue weighted by atomic mass is 35.5. The van der Waals surface area contributed by atoms with Crippen LogP contribution in [0.5, 0.6) is 11.5 Å². The van der Waals surface area contributed by atoms with Crippen LogP contribution in [-0.2, 0) is 6.18 Å². The van der Waals surface area contributed by atoms with E-state index in [1.54, 1.807) is 30.3 Å². The summed E-state index contributed by atoms with van der Waals surface area (Å²) in [5.74, 6) is 0.569. The maximum absolute atomic E-state index is 13.0. The van der Waals surface area contributed by atoms with E-state index in [1.807, 2.05) is 0 Å². The predicted molar refractivity (Wildman–Crippen MR) is 104 cm³/mol. The Balaban J connectivity index is 1.72. The van der Waals surface area contributed by atoms with E-state index in [-0.39, 0.29) is 22.3 Å². The summed E-state index contributed by atoms with van der Waals surface area (Å²) < 4.78 is 44.6. The second-order valence-corrected chi connectivity index (χ2v) is 6.31. The van der Waals surface area contributed by atoms with Gasteiger partial charge in [0.25, 0.3) is 5.91 Å². The van der Waals surface area contributed by atoms with Crippen molar-refractivity contribution < 1.29 is 22.7 Å². The Hall–Kier alpha value is -3.26. The van der Waals surface area contributed by atoms with E-state index in [1.165, 1.54) is 31.4 Å². The van der Waals surface area contributed by atoms with E-state index in [2.05, 4.69) is 15.6 Å². The van der Waals surface area contributed by atoms with Crippen LogP contribution in [0.4, 0.5) is 24.5 Å². The summed E-state index contributed by atoms with van der Waals surface area (Å²) in [5.41, 5.74) is 0.119. The smallest absolute Gasteiger partial charge is 0.417 e. The van der Waals surface area contributed by atoms with Crippen molar-refractivity contribution in [3.05, 3.63) is 77.1 Å². The minimum absolute atomic E-state index is 0.214. The normalized spacial score (nSPS) is 11.1. The van der Waals surface area contributed by atoms with Gasteiger partial charge in [-0.15, -0.1) is 0 Å². The van der Waals surface area contributed by atoms with E-state index in [9.17, 15) is 18.0 Å². The maximum atomic E-state index is 13.0. The number of ether oxygens (including phenoxy) is 1. The predicted octanol–water partition coefficient (Wildman–Crippen LogP) is 5.65. The monoisotopic (exact) mass is 421 g/mol. The van der Waals surface area contributed by atoms with Crippen LogP contribution in [0.3, 0.4) is 0 Å². The molecule has 0 fully saturated rings. The number of nitrogens with zero attached hydrogens (tertiary/aromatic N) is 1. The van der Waals surface area contributed by atoms with Gasteiger partial charge in [-0.05, 0) is 48.5 Å². The Labute approximate surface area is 169 Å². The van der Waals surface area contributed by atoms with Crippen LogP contribution < -0.4 is 15.4 Å². The van der Waals surface area contributed by atoms with Crippen LogP contribution in [0.25, 0.3) is 0 Å². The van der Waals surface area contributed by atoms with Crippen molar-refractivity contribution in [3.63, 3.8) is 0 Å². The van der Waals surface area contributed by atoms with Crippen LogP contribution in [0, 0.1) is 0 Å². The van der Waals surface area contributed by atoms with E-state index < -0.39 is 11.7 Å². The van der Waals surface area contributed by atoms with Gasteiger partial charge in [-0.25, -0.2) is 0 Å². The second-order valence-electron chi connectivity index (χ2n) is 5.90. The third kappa shape index (κ3) is 5.17. The maximum Gasteiger partial charge on any atom is 0.417 e. The summed E-state index contributed by atoms with van der Waals surface area (Å²) in [7, 11) is 1.50. The van der Waals surface area contributed by atoms with Gasteiger partial charge in [-0.3, -0.25) is 9.78 Å². The number of aromatic nitrogens is 1. The average Bonchev–Trinajstić information content (AvgIpc) is 2.69. The number of nitrogens with one attached hydrogen (secondary N) is 2. The van der Waals surface area contributed by atoms with Gasteiger partial charge in [0.15, 0.2) is 0 Å². The van der Waals surface area contributed by atoms with Gasteiger partial charge >= 0.3 is 6.18 Å². The van der Waals surface area contributed by atoms with Crippen molar-refractivity contribution in [3.8, 4) is 11.5 Å². The standard InChI is InChI=1S/C20H15ClF3N3O2/c1-25-19(28)18-11-15(8-9-26-18)29-14-5-2-12(3-6-14)27-13-4-7-17(21)16(10-13)20(22,23)24/h2-11,27H,1H3,(H,25,28). The highest BCUT2D eigenvalue weighted by Gasteiger charge is 2.33. The largest absolute Gasteiger partial charge is 0.457 e. The summed E-state index contributed by atoms with van der Waals surface area (Å²) in [4.78, 5) is 15.6. The number of pyridine rings is 1. The summed E-state index contributed by atoms with van der Waals surface area (Å²) in [6, 6.07) is 13.3. The molecule has 0 bridgehead atoms. The second kappa shape index (κ2) is 8.40. The molecule has 0 spiro atoms. The first kappa shape index (κ1) is 20.5. The minimum Gasteiger partial charge on any atom is -0.457 e. The first-order valence-corrected chi connectivity index (χ1v) is 8.74. The van der Waals surface area contributed by atoms with Crippen molar-refractivity contribution in [2.75, 3.05) is 12.4 Å². The van der Waals surface area contributed by atoms with Crippen LogP contribution in [0.15, 0.2) is 60.8 Å². The molecule has 2 N–H and O–H groups in total. The highest BCUT2D eigenvalue weighted by Crippen LogP contribution is 2.36. The fourth-order valence-corrected chi connectivity index (χ4v) is 2.68. The molecule has 5 nitrogen and oxygen atoms in total. The lowest BCUT2D eigenvalue weighted by Crippen LogP contribution is -2.18. The third-order valence-corrected chi connectivity index (χ3v) is 4.17. The molecule has 1 heterocycles. The third-order valence-electron chi connectivity index (χ3n) is 3.84. The van der Waals surface area contributed by atoms with Crippen LogP contribution in [0.1, 0.15) is 16.1 Å². The van der Waals surface area contributed by atoms with Crippen molar-refractivity contribution in [2.45, 2.75) is 6.18 Å². The Bertz CT molecular complexity index is 1020. The van der Waals surface area contributed by atoms with E-state index in [0.717, 1.165) is 6.07 Å². The summed E-state index contributed by atoms with van der Waals surface area (Å²) in [6.45, 7) is 0. The van der Waals surface area contributed by atoms with Crippen molar-refractivity contribution in [2.24, 2.45) is 0 Å². The molecule has 9 heteroatoms. The van der Waals surface area contributed by atoms with E-state index in [4.69, 9.17) is 16.3 Å². The van der Waals surface area contributed by atoms with Gasteiger partial charge in [0.2, 0.25) is 0 Å². The molecule has 3 rings (SSSR count). The number of amides is 1. The molecule has 0 atom stereocenters. The number of alkyl halides is 3. The first-order chi connectivity index (χ1) is 13.8. The molecule has 1 amide bonds. The summed E-state index contributed by atoms with van der Waals surface area (Å²) >= 11 is 5.63. The number of carbonyl (C=O) groups is 1. The Kier molecular flexibility index (Phi) is 5.93. The molecule has 0 aliphatic carbocycles. The quantitative estimate of drug-likeness (QED) is 0.559. The highest BCUT2D eigenvalue weighted by molar-refractivity contribution is 6.31. The van der Waals surface area contributed by atoms with E-state index in [0.29, 0.717) is 17.2 Å². The number of anilines is 2. The molecule has 29 heavy (non-hydrogen) atoms. The fourth-order valence-electron chi connectivity index (χ4n) is 2.46. The van der Waals surface area contributed by atoms with Gasteiger partial charge in [0.1, 0.15) is 17.2 Å². The Morgan fingerprint density at radius 1 is 1.00 bits per heavy atom. The lowest BCUT2D eigenvalue weighted by atomic mass is 10.2. The Morgan fingerprint density at radius 2 is 1.69 bits per heavy atom. The topological polar surface area (TPSA) is 63.2 Å². The molecule has 0 unspecified atom stereocenters. The molecule has 0 aliphatic heterocycles. The number of hydrogen-bond acceptors (Lipinski definition) is 4. The molecule has 1 aromatic heterocycles. The van der Waals surface area contributed by atoms with Gasteiger partial charge < -0.3 is 15.4 Å². The lowest BCUT2D eigenvalue weighted by Gasteiger charge is -2.13. The van der Waals surface area contributed by atoms with E-state index >= 15 is 0 Å². The minimum atomic E-state index is -4.54. The molecular formula is C20H15ClF3N3O2. The molecular weight excluding hydrogens is 407 g/mol. The zero-order valence-corrected chi connectivity index (χ0v) is 15.8. The van der Waals surface area contributed by atoms with Gasteiger partial charge in [-0.2, -0.15) is 13.2 Å². The molecule has 3 aromatic rings. The van der Waals surface area contributed by atoms with Gasteiger partial charge in [0, 0.05) is 30.7 Å². The fraction of sp³-hybridized carbons (Fsp3) is 0.100. The first-order valence-electron chi connectivity index (χ1n) is 8.36. The average molecular weight is 422 g/mol. The number of rotatable bonds is 5. The number of carbonyl (C=O) groups excluding carboxylic acids is 1. The van der Waals surface area contributed by atoms with Gasteiger partial charge in [0.05, 0.1) is 10.6 Å². The molecule has 0 saturated heterocycles. The number of hydrogen-bond donors (Lipinski definition) is 2. The lowest BCUT2D eigenvalue weighted by molar-refractivity contribution is -0.137. The number of halogens is 4. The summed E-state index contributed by atoms with van der Waals surface area (Å²) in [5, 5.41) is 5.00. The van der Waals surface area contributed by atoms with Gasteiger partial charge in [-0.1, -0.05) is 11.6 Å². The van der Waals surface area contributed by atoms with Crippen LogP contribution >= 0.6 is 11.6 Å². The zero-order valence-electron chi connectivity index (χ0n) is 15.0. The van der Waals surface area contributed by atoms with Crippen LogP contribution in [0.2, 0.25) is 5.02 Å². The molecule has 2 aromatic carbocycles.